The summed E-state index contributed by atoms with van der Waals surface area (Å²) in [6.07, 6.45) is 9.05. The predicted octanol–water partition coefficient (Wildman–Crippen LogP) is 3.41. The van der Waals surface area contributed by atoms with Crippen molar-refractivity contribution in [1.29, 1.82) is 0 Å². The van der Waals surface area contributed by atoms with Crippen molar-refractivity contribution in [3.8, 4) is 0 Å². The molecule has 206 valence electrons. The van der Waals surface area contributed by atoms with Crippen molar-refractivity contribution >= 4 is 11.7 Å². The lowest BCUT2D eigenvalue weighted by Gasteiger charge is -2.60. The van der Waals surface area contributed by atoms with E-state index in [4.69, 9.17) is 0 Å². The van der Waals surface area contributed by atoms with Crippen LogP contribution in [-0.4, -0.2) is 60.7 Å². The number of aromatic nitrogens is 1. The minimum Gasteiger partial charge on any atom is -0.390 e. The zero-order chi connectivity index (χ0) is 27.0. The normalized spacial score (nSPS) is 42.9. The number of aliphatic hydroxyl groups is 3. The number of carbonyl (C=O) groups excluding carboxylic acids is 2. The number of nitrogens with zero attached hydrogens (tertiary/aromatic N) is 2. The van der Waals surface area contributed by atoms with Gasteiger partial charge in [-0.3, -0.25) is 14.6 Å². The molecule has 0 radical (unpaired) electrons. The number of ketones is 1. The van der Waals surface area contributed by atoms with Gasteiger partial charge in [0.15, 0.2) is 5.78 Å². The van der Waals surface area contributed by atoms with Gasteiger partial charge in [0, 0.05) is 42.2 Å². The molecule has 1 aromatic rings. The average molecular weight is 523 g/mol. The Hall–Kier alpha value is -2.09. The molecule has 3 unspecified atom stereocenters. The van der Waals surface area contributed by atoms with Gasteiger partial charge in [-0.1, -0.05) is 19.9 Å². The lowest BCUT2D eigenvalue weighted by Crippen LogP contribution is -2.61. The van der Waals surface area contributed by atoms with Gasteiger partial charge in [-0.25, -0.2) is 0 Å². The van der Waals surface area contributed by atoms with Gasteiger partial charge >= 0.3 is 0 Å². The fourth-order valence-corrected chi connectivity index (χ4v) is 9.08. The number of carbonyl (C=O) groups is 2. The molecule has 1 heterocycles. The zero-order valence-corrected chi connectivity index (χ0v) is 22.8. The Labute approximate surface area is 225 Å². The van der Waals surface area contributed by atoms with E-state index >= 15 is 0 Å². The Kier molecular flexibility index (Phi) is 6.17. The maximum absolute atomic E-state index is 13.5. The topological polar surface area (TPSA) is 111 Å². The molecule has 0 aliphatic heterocycles. The van der Waals surface area contributed by atoms with Crippen molar-refractivity contribution in [3.05, 3.63) is 41.7 Å². The third-order valence-electron chi connectivity index (χ3n) is 11.5. The van der Waals surface area contributed by atoms with E-state index in [2.05, 4.69) is 25.8 Å². The van der Waals surface area contributed by atoms with E-state index in [1.54, 1.807) is 12.3 Å². The predicted molar refractivity (Wildman–Crippen MR) is 141 cm³/mol. The number of pyridine rings is 1. The maximum Gasteiger partial charge on any atom is 0.226 e. The van der Waals surface area contributed by atoms with Gasteiger partial charge in [-0.15, -0.1) is 0 Å². The summed E-state index contributed by atoms with van der Waals surface area (Å²) in [7, 11) is 0. The summed E-state index contributed by atoms with van der Waals surface area (Å²) < 4.78 is 0. The molecule has 0 saturated heterocycles. The van der Waals surface area contributed by atoms with Gasteiger partial charge in [0.1, 0.15) is 0 Å². The van der Waals surface area contributed by atoms with Crippen LogP contribution in [0.5, 0.6) is 0 Å². The largest absolute Gasteiger partial charge is 0.390 e. The Morgan fingerprint density at radius 2 is 1.89 bits per heavy atom. The number of amides is 1. The van der Waals surface area contributed by atoms with Crippen LogP contribution in [0.1, 0.15) is 77.7 Å². The van der Waals surface area contributed by atoms with Crippen molar-refractivity contribution in [2.75, 3.05) is 0 Å². The van der Waals surface area contributed by atoms with Crippen molar-refractivity contribution in [3.63, 3.8) is 0 Å². The highest BCUT2D eigenvalue weighted by Gasteiger charge is 2.67. The molecule has 7 heteroatoms. The second kappa shape index (κ2) is 8.97. The number of fused-ring (bicyclic) bond motifs is 5. The molecule has 0 aromatic carbocycles. The fraction of sp³-hybridized carbons (Fsp3) is 0.710. The molecule has 3 N–H and O–H groups in total. The molecular weight excluding hydrogens is 480 g/mol. The van der Waals surface area contributed by atoms with Gasteiger partial charge in [-0.05, 0) is 98.8 Å². The van der Waals surface area contributed by atoms with Crippen LogP contribution in [0, 0.1) is 34.5 Å². The molecule has 6 rings (SSSR count). The highest BCUT2D eigenvalue weighted by Crippen LogP contribution is 2.67. The average Bonchev–Trinajstić information content (AvgIpc) is 3.69. The quantitative estimate of drug-likeness (QED) is 0.547. The Bertz CT molecular complexity index is 1150. The number of allylic oxidation sites excluding steroid dienone is 1. The van der Waals surface area contributed by atoms with Crippen LogP contribution in [-0.2, 0) is 16.1 Å². The molecule has 38 heavy (non-hydrogen) atoms. The summed E-state index contributed by atoms with van der Waals surface area (Å²) >= 11 is 0. The monoisotopic (exact) mass is 522 g/mol. The highest BCUT2D eigenvalue weighted by molar-refractivity contribution is 5.95. The van der Waals surface area contributed by atoms with Crippen molar-refractivity contribution in [2.45, 2.75) is 103 Å². The Morgan fingerprint density at radius 3 is 2.58 bits per heavy atom. The smallest absolute Gasteiger partial charge is 0.226 e. The van der Waals surface area contributed by atoms with E-state index in [9.17, 15) is 24.9 Å². The SMILES string of the molecule is CC(C1CC[C@@]2(O)C3=CC(=O)[C@@H]4C[C@@H](O)[C@@H](O)C[C@]4(C)C3CC[C@]12C)N(Cc1cccnc1)C(=O)C1CC1. The molecular formula is C31H42N2O5. The van der Waals surface area contributed by atoms with Gasteiger partial charge < -0.3 is 20.2 Å². The van der Waals surface area contributed by atoms with Crippen molar-refractivity contribution < 1.29 is 24.9 Å². The molecule has 0 bridgehead atoms. The third kappa shape index (κ3) is 3.75. The summed E-state index contributed by atoms with van der Waals surface area (Å²) in [5.74, 6) is 0.0332. The second-order valence-corrected chi connectivity index (χ2v) is 13.5. The number of rotatable bonds is 5. The lowest BCUT2D eigenvalue weighted by atomic mass is 9.46. The first-order chi connectivity index (χ1) is 18.0. The van der Waals surface area contributed by atoms with Crippen LogP contribution in [0.4, 0.5) is 0 Å². The van der Waals surface area contributed by atoms with E-state index in [1.807, 2.05) is 23.2 Å². The first-order valence-corrected chi connectivity index (χ1v) is 14.5. The van der Waals surface area contributed by atoms with Crippen LogP contribution in [0.3, 0.4) is 0 Å². The number of hydrogen-bond donors (Lipinski definition) is 3. The van der Waals surface area contributed by atoms with Crippen LogP contribution < -0.4 is 0 Å². The molecule has 1 aromatic heterocycles. The van der Waals surface area contributed by atoms with Gasteiger partial charge in [0.25, 0.3) is 0 Å². The van der Waals surface area contributed by atoms with Gasteiger partial charge in [0.05, 0.1) is 17.8 Å². The highest BCUT2D eigenvalue weighted by atomic mass is 16.3. The van der Waals surface area contributed by atoms with E-state index < -0.39 is 28.6 Å². The molecule has 7 nitrogen and oxygen atoms in total. The van der Waals surface area contributed by atoms with E-state index in [0.717, 1.165) is 43.2 Å². The first-order valence-electron chi connectivity index (χ1n) is 14.5. The zero-order valence-electron chi connectivity index (χ0n) is 22.8. The van der Waals surface area contributed by atoms with Crippen molar-refractivity contribution in [1.82, 2.24) is 9.88 Å². The van der Waals surface area contributed by atoms with E-state index in [1.165, 1.54) is 0 Å². The molecule has 9 atom stereocenters. The standard InChI is InChI=1S/C31H42N2O5/c1-18(33(28(37)20-6-7-20)17-19-5-4-12-32-16-19)21-9-11-31(38)23-13-25(34)24-14-26(35)27(36)15-29(24,2)22(23)8-10-30(21,31)3/h4-5,12-13,16,18,20-22,24,26-27,35-36,38H,6-11,14-15,17H2,1-3H3/t18?,21?,22?,24-,26+,27-,29+,30+,31+/m0/s1. The first kappa shape index (κ1) is 26.1. The number of hydrogen-bond acceptors (Lipinski definition) is 6. The van der Waals surface area contributed by atoms with Crippen LogP contribution in [0.15, 0.2) is 36.2 Å². The Balaban J connectivity index is 1.32. The van der Waals surface area contributed by atoms with Crippen LogP contribution in [0.2, 0.25) is 0 Å². The summed E-state index contributed by atoms with van der Waals surface area (Å²) in [4.78, 5) is 33.2. The molecule has 1 amide bonds. The van der Waals surface area contributed by atoms with Crippen molar-refractivity contribution in [2.24, 2.45) is 34.5 Å². The van der Waals surface area contributed by atoms with E-state index in [0.29, 0.717) is 19.4 Å². The fourth-order valence-electron chi connectivity index (χ4n) is 9.08. The summed E-state index contributed by atoms with van der Waals surface area (Å²) in [5, 5.41) is 33.4. The summed E-state index contributed by atoms with van der Waals surface area (Å²) in [6, 6.07) is 3.85. The lowest BCUT2D eigenvalue weighted by molar-refractivity contribution is -0.155. The summed E-state index contributed by atoms with van der Waals surface area (Å²) in [5.41, 5.74) is -0.229. The molecule has 5 aliphatic carbocycles. The summed E-state index contributed by atoms with van der Waals surface area (Å²) in [6.45, 7) is 6.90. The van der Waals surface area contributed by atoms with Gasteiger partial charge in [0.2, 0.25) is 5.91 Å². The van der Waals surface area contributed by atoms with Gasteiger partial charge in [-0.2, -0.15) is 0 Å². The Morgan fingerprint density at radius 1 is 1.13 bits per heavy atom. The minimum absolute atomic E-state index is 0.000858. The van der Waals surface area contributed by atoms with Crippen LogP contribution >= 0.6 is 0 Å². The molecule has 4 saturated carbocycles. The molecule has 5 aliphatic rings. The van der Waals surface area contributed by atoms with Crippen LogP contribution in [0.25, 0.3) is 0 Å². The maximum atomic E-state index is 13.5. The second-order valence-electron chi connectivity index (χ2n) is 13.5. The molecule has 4 fully saturated rings. The molecule has 0 spiro atoms. The van der Waals surface area contributed by atoms with E-state index in [-0.39, 0.29) is 47.8 Å². The third-order valence-corrected chi connectivity index (χ3v) is 11.5. The minimum atomic E-state index is -1.12. The number of aliphatic hydroxyl groups excluding tert-OH is 2.